The van der Waals surface area contributed by atoms with Gasteiger partial charge >= 0.3 is 18.4 Å². The minimum Gasteiger partial charge on any atom is -0.508 e. The number of halogens is 5. The van der Waals surface area contributed by atoms with Crippen molar-refractivity contribution in [2.45, 2.75) is 163 Å². The maximum atomic E-state index is 16.3. The number of aromatic hydroxyl groups is 3. The molecule has 0 saturated carbocycles. The molecular formula is C81H95Cl2F3N16O26. The standard InChI is InChI=1S/C81H95Cl2F3N16O26/c1-33(2)22-46(89-5)70(113)96-61-63(108)36-7-14-50(44(82)24-36)123-52-26-38-27-53(67(52)127-77-68(66(111)65(110)54(32-103)125-77)126-56-31-80(4,69(112)34(3)122-56)90-16-17-101-18-20-102(21-19-101)100-79(121)91-39-9-11-41(12-10-39)128-81(84,85)86)124-51-15-8-37(25-45(51)83)64(109)62-75(118)95-60(76(119)98-99-78(88)120)43-28-40(104)29-49(106)57(43)42-23-35(6-13-48(42)105)58(72(115)97-62)94-73(116)59(38)93-71(114)47(30-55(87)107)92-74(61)117/h6-15,23-29,33-34,46-47,54,56,58-66,68-69,77,89-90,103-106,108-112H,16-22,30-32H2,1-5H3,(H2,87,107)(H,92,117)(H,93,114)(H,94,116)(H,95,118)(H,96,113)(H,97,115)(H,98,119)(H3,88,99,120)(H2,91,100,121)/t34?,46?,47?,54?,56?,58?,59?,60-,61?,62?,63?,64?,65?,66?,68?,69?,77?,80-/m1/s1. The molecule has 0 radical (unpaired) electrons. The zero-order valence-corrected chi connectivity index (χ0v) is 70.2. The van der Waals surface area contributed by atoms with E-state index in [0.717, 1.165) is 78.9 Å². The molecule has 8 aliphatic heterocycles. The number of carbonyl (C=O) groups is 10. The Hall–Kier alpha value is -11.9. The predicted molar refractivity (Wildman–Crippen MR) is 440 cm³/mol. The summed E-state index contributed by atoms with van der Waals surface area (Å²) in [5, 5.41) is 131. The van der Waals surface area contributed by atoms with Gasteiger partial charge in [0.05, 0.1) is 41.3 Å². The van der Waals surface area contributed by atoms with Gasteiger partial charge in [-0.25, -0.2) is 20.0 Å². The fourth-order valence-corrected chi connectivity index (χ4v) is 15.9. The van der Waals surface area contributed by atoms with E-state index in [1.54, 1.807) is 25.8 Å². The number of phenols is 3. The van der Waals surface area contributed by atoms with Crippen LogP contribution in [0.25, 0.3) is 11.1 Å². The molecule has 0 spiro atoms. The third-order valence-electron chi connectivity index (χ3n) is 22.0. The van der Waals surface area contributed by atoms with Gasteiger partial charge in [-0.3, -0.25) is 54.1 Å². The molecule has 3 saturated heterocycles. The summed E-state index contributed by atoms with van der Waals surface area (Å²) >= 11 is 14.3. The number of anilines is 1. The van der Waals surface area contributed by atoms with Gasteiger partial charge in [-0.15, -0.1) is 13.2 Å². The molecule has 47 heteroatoms. The van der Waals surface area contributed by atoms with E-state index in [9.17, 15) is 83.1 Å². The van der Waals surface area contributed by atoms with Crippen molar-refractivity contribution in [3.63, 3.8) is 0 Å². The number of alkyl halides is 3. The number of likely N-dealkylation sites (N-methyl/N-ethyl adjacent to an activating group) is 1. The van der Waals surface area contributed by atoms with Crippen LogP contribution in [0.2, 0.25) is 10.0 Å². The molecule has 8 aliphatic rings. The molecular weight excluding hydrogens is 1740 g/mol. The Morgan fingerprint density at radius 1 is 0.695 bits per heavy atom. The molecule has 25 N–H and O–H groups in total. The van der Waals surface area contributed by atoms with E-state index in [-0.39, 0.29) is 47.9 Å². The number of nitrogens with one attached hydrogen (secondary N) is 12. The SMILES string of the molecule is CNC(CC(C)C)C(=O)NC1C(=O)NC(CC(N)=O)C(=O)NC2C(=O)NC3C(=O)NC(C(=O)N[C@@H](C(=O)NNC(N)=O)c4cc(O)cc(O)c4-c4cc3ccc4O)C(O)c3ccc(c(Cl)c3)Oc3cc2cc(c3OC2OC(CO)C(O)C(O)C2OC2C[C@@](C)(NCCN3CCN(NC(=O)Nc4ccc(OC(F)(F)F)cc4)CC3)C(O)C(C)O2)Oc2ccc(cc2Cl)C1O. The number of hydrazine groups is 2. The van der Waals surface area contributed by atoms with Crippen LogP contribution in [0.3, 0.4) is 0 Å². The number of hydrogen-bond acceptors (Lipinski definition) is 30. The molecule has 11 bridgehead atoms. The van der Waals surface area contributed by atoms with Crippen molar-refractivity contribution in [1.29, 1.82) is 0 Å². The molecule has 42 nitrogen and oxygen atoms in total. The number of benzene rings is 6. The van der Waals surface area contributed by atoms with Crippen molar-refractivity contribution in [1.82, 2.24) is 68.7 Å². The van der Waals surface area contributed by atoms with Crippen LogP contribution in [0.5, 0.6) is 51.7 Å². The highest BCUT2D eigenvalue weighted by Crippen LogP contribution is 2.50. The number of ether oxygens (including phenoxy) is 7. The fraction of sp³-hybridized carbons (Fsp3) is 0.432. The van der Waals surface area contributed by atoms with Gasteiger partial charge < -0.3 is 138 Å². The number of aliphatic hydroxyl groups excluding tert-OH is 6. The number of nitrogens with two attached hydrogens (primary N) is 2. The average Bonchev–Trinajstić information content (AvgIpc) is 0.764. The Bertz CT molecular complexity index is 5180. The lowest BCUT2D eigenvalue weighted by Gasteiger charge is -2.48. The molecule has 6 aromatic carbocycles. The molecule has 3 fully saturated rings. The Labute approximate surface area is 736 Å². The van der Waals surface area contributed by atoms with Crippen LogP contribution < -0.4 is 94.5 Å². The van der Waals surface area contributed by atoms with Crippen LogP contribution in [0, 0.1) is 5.92 Å². The number of fused-ring (bicyclic) bond motifs is 15. The van der Waals surface area contributed by atoms with E-state index < -0.39 is 272 Å². The number of nitrogens with zero attached hydrogens (tertiary/aromatic N) is 2. The first-order chi connectivity index (χ1) is 60.5. The first-order valence-electron chi connectivity index (χ1n) is 40.0. The van der Waals surface area contributed by atoms with Crippen LogP contribution in [-0.2, 0) is 52.6 Å². The first kappa shape index (κ1) is 95.2. The summed E-state index contributed by atoms with van der Waals surface area (Å²) in [6.45, 7) is 7.85. The Kier molecular flexibility index (Phi) is 29.9. The topological polar surface area (TPSA) is 620 Å². The zero-order chi connectivity index (χ0) is 92.8. The highest BCUT2D eigenvalue weighted by molar-refractivity contribution is 6.32. The number of piperazine rings is 1. The summed E-state index contributed by atoms with van der Waals surface area (Å²) in [5.41, 5.74) is 13.4. The number of rotatable bonds is 20. The van der Waals surface area contributed by atoms with Crippen LogP contribution in [0.4, 0.5) is 28.4 Å². The van der Waals surface area contributed by atoms with Crippen LogP contribution in [0.1, 0.15) is 105 Å². The third kappa shape index (κ3) is 22.4. The molecule has 6 aromatic rings. The highest BCUT2D eigenvalue weighted by Gasteiger charge is 2.53. The van der Waals surface area contributed by atoms with E-state index in [1.807, 2.05) is 10.9 Å². The number of aliphatic hydroxyl groups is 6. The number of phenolic OH excluding ortho intramolecular Hbond substituents is 3. The van der Waals surface area contributed by atoms with Gasteiger partial charge in [0.1, 0.15) is 101 Å². The van der Waals surface area contributed by atoms with E-state index in [0.29, 0.717) is 32.7 Å². The lowest BCUT2D eigenvalue weighted by Crippen LogP contribution is -2.66. The van der Waals surface area contributed by atoms with E-state index in [1.165, 1.54) is 38.2 Å². The first-order valence-corrected chi connectivity index (χ1v) is 40.8. The molecule has 18 atom stereocenters. The Morgan fingerprint density at radius 3 is 1.93 bits per heavy atom. The van der Waals surface area contributed by atoms with Crippen LogP contribution in [-0.4, -0.2) is 253 Å². The van der Waals surface area contributed by atoms with E-state index >= 15 is 24.0 Å². The second kappa shape index (κ2) is 40.2. The van der Waals surface area contributed by atoms with Gasteiger partial charge in [-0.2, -0.15) is 0 Å². The summed E-state index contributed by atoms with van der Waals surface area (Å²) in [6, 6.07) is 1.34. The zero-order valence-electron chi connectivity index (χ0n) is 68.7. The molecule has 128 heavy (non-hydrogen) atoms. The summed E-state index contributed by atoms with van der Waals surface area (Å²) < 4.78 is 81.5. The largest absolute Gasteiger partial charge is 0.573 e. The Balaban J connectivity index is 0.962. The fourth-order valence-electron chi connectivity index (χ4n) is 15.5. The average molecular weight is 1840 g/mol. The smallest absolute Gasteiger partial charge is 0.508 e. The van der Waals surface area contributed by atoms with Crippen LogP contribution >= 0.6 is 23.2 Å². The van der Waals surface area contributed by atoms with Crippen molar-refractivity contribution in [3.8, 4) is 62.9 Å². The minimum atomic E-state index is -4.91. The second-order valence-corrected chi connectivity index (χ2v) is 32.5. The Morgan fingerprint density at radius 2 is 1.32 bits per heavy atom. The summed E-state index contributed by atoms with van der Waals surface area (Å²) in [7, 11) is 1.46. The van der Waals surface area contributed by atoms with Gasteiger partial charge in [0.2, 0.25) is 53.4 Å². The number of urea groups is 2. The van der Waals surface area contributed by atoms with Crippen molar-refractivity contribution < 1.29 is 140 Å². The molecule has 0 aromatic heterocycles. The highest BCUT2D eigenvalue weighted by atomic mass is 35.5. The maximum Gasteiger partial charge on any atom is 0.573 e. The summed E-state index contributed by atoms with van der Waals surface area (Å²) in [4.78, 5) is 147. The van der Waals surface area contributed by atoms with E-state index in [2.05, 4.69) is 62.9 Å². The predicted octanol–water partition coefficient (Wildman–Crippen LogP) is 0.605. The normalized spacial score (nSPS) is 26.7. The molecule has 14 rings (SSSR count). The van der Waals surface area contributed by atoms with Gasteiger partial charge in [-0.1, -0.05) is 55.2 Å². The number of carbonyl (C=O) groups excluding carboxylic acids is 10. The van der Waals surface area contributed by atoms with Gasteiger partial charge in [-0.05, 0) is 140 Å². The van der Waals surface area contributed by atoms with Gasteiger partial charge in [0.15, 0.2) is 23.9 Å². The second-order valence-electron chi connectivity index (χ2n) is 31.7. The summed E-state index contributed by atoms with van der Waals surface area (Å²) in [6.07, 6.45) is -24.3. The third-order valence-corrected chi connectivity index (χ3v) is 22.6. The molecule has 12 amide bonds. The molecule has 8 heterocycles. The monoisotopic (exact) mass is 1830 g/mol. The van der Waals surface area contributed by atoms with Gasteiger partial charge in [0, 0.05) is 74.1 Å². The van der Waals surface area contributed by atoms with Crippen molar-refractivity contribution in [2.75, 3.05) is 58.2 Å². The van der Waals surface area contributed by atoms with Crippen molar-refractivity contribution in [2.24, 2.45) is 17.4 Å². The van der Waals surface area contributed by atoms with Gasteiger partial charge in [0.25, 0.3) is 5.91 Å². The maximum absolute atomic E-state index is 16.3. The summed E-state index contributed by atoms with van der Waals surface area (Å²) in [5.74, 6) is -16.6. The number of primary amides is 2. The quantitative estimate of drug-likeness (QED) is 0.0466. The van der Waals surface area contributed by atoms with Crippen molar-refractivity contribution in [3.05, 3.63) is 141 Å². The molecule has 0 aliphatic carbocycles. The number of hydrogen-bond donors (Lipinski definition) is 23. The van der Waals surface area contributed by atoms with E-state index in [4.69, 9.17) is 63.1 Å². The molecule has 16 unspecified atom stereocenters. The lowest BCUT2D eigenvalue weighted by atomic mass is 9.85. The minimum absolute atomic E-state index is 0.133. The molecule has 690 valence electrons. The lowest BCUT2D eigenvalue weighted by molar-refractivity contribution is -0.334. The van der Waals surface area contributed by atoms with Crippen molar-refractivity contribution >= 4 is 88.2 Å². The van der Waals surface area contributed by atoms with Crippen LogP contribution in [0.15, 0.2) is 103 Å². The number of amides is 12.